The normalized spacial score (nSPS) is 11.0. The molecule has 16 heteroatoms. The van der Waals surface area contributed by atoms with E-state index in [1.165, 1.54) is 12.1 Å². The van der Waals surface area contributed by atoms with E-state index in [4.69, 9.17) is 12.2 Å². The Balaban J connectivity index is 0.000000210. The Kier molecular flexibility index (Phi) is 12.6. The molecule has 7 rings (SSSR count). The summed E-state index contributed by atoms with van der Waals surface area (Å²) in [5.41, 5.74) is 9.64. The average Bonchev–Trinajstić information content (AvgIpc) is 3.90. The van der Waals surface area contributed by atoms with E-state index in [9.17, 15) is 23.6 Å². The molecule has 0 atom stereocenters. The van der Waals surface area contributed by atoms with Crippen LogP contribution in [-0.4, -0.2) is 77.2 Å². The molecule has 0 spiro atoms. The van der Waals surface area contributed by atoms with Crippen LogP contribution in [0.4, 0.5) is 10.1 Å². The number of aromatic nitrogens is 8. The number of fused-ring (bicyclic) bond motifs is 1. The van der Waals surface area contributed by atoms with E-state index in [-0.39, 0.29) is 30.8 Å². The first kappa shape index (κ1) is 34.9. The lowest BCUT2D eigenvalue weighted by atomic mass is 9.98. The summed E-state index contributed by atoms with van der Waals surface area (Å²) in [5, 5.41) is 36.3. The van der Waals surface area contributed by atoms with E-state index >= 15 is 0 Å². The van der Waals surface area contributed by atoms with E-state index in [1.54, 1.807) is 72.8 Å². The number of esters is 2. The first-order valence-electron chi connectivity index (χ1n) is 14.4. The summed E-state index contributed by atoms with van der Waals surface area (Å²) in [5.74, 6) is -1.40. The number of aromatic amines is 2. The number of hydrogen-bond donors (Lipinski definition) is 4. The average molecular weight is 669 g/mol. The number of nitrogens with two attached hydrogens (primary N) is 1. The third-order valence-electron chi connectivity index (χ3n) is 6.45. The summed E-state index contributed by atoms with van der Waals surface area (Å²) >= 11 is 0. The van der Waals surface area contributed by atoms with Crippen LogP contribution in [0.3, 0.4) is 0 Å². The number of alkyl halides is 1. The fourth-order valence-corrected chi connectivity index (χ4v) is 4.20. The number of rotatable bonds is 6. The molecule has 0 fully saturated rings. The van der Waals surface area contributed by atoms with Gasteiger partial charge in [0.1, 0.15) is 0 Å². The SMILES string of the molecule is C.Nc1ccc(-c2nn[nH]n2)cc1.O=C(O)c1ccccc1C(=O)Cc1ccc(-c2nn[nH]n2)cc1.O=C1OC(=O)c2ccccc21.[2H]CF. The number of ketones is 1. The van der Waals surface area contributed by atoms with E-state index in [1.807, 2.05) is 12.1 Å². The Hall–Kier alpha value is -6.97. The van der Waals surface area contributed by atoms with Gasteiger partial charge in [-0.3, -0.25) is 9.18 Å². The van der Waals surface area contributed by atoms with Crippen LogP contribution in [0.2, 0.25) is 0 Å². The van der Waals surface area contributed by atoms with Gasteiger partial charge in [0.15, 0.2) is 5.78 Å². The van der Waals surface area contributed by atoms with Gasteiger partial charge in [-0.25, -0.2) is 14.4 Å². The molecule has 0 unspecified atom stereocenters. The lowest BCUT2D eigenvalue weighted by molar-refractivity contribution is 0.0442. The molecule has 49 heavy (non-hydrogen) atoms. The second-order valence-electron chi connectivity index (χ2n) is 9.46. The Morgan fingerprint density at radius 1 is 0.776 bits per heavy atom. The van der Waals surface area contributed by atoms with Gasteiger partial charge in [-0.05, 0) is 58.5 Å². The number of nitrogen functional groups attached to an aromatic ring is 1. The smallest absolute Gasteiger partial charge is 0.346 e. The first-order chi connectivity index (χ1) is 23.7. The molecule has 6 aromatic rings. The van der Waals surface area contributed by atoms with E-state index < -0.39 is 25.1 Å². The number of hydrogen-bond acceptors (Lipinski definition) is 12. The second-order valence-corrected chi connectivity index (χ2v) is 9.46. The predicted molar refractivity (Wildman–Crippen MR) is 175 cm³/mol. The van der Waals surface area contributed by atoms with Crippen LogP contribution in [0.25, 0.3) is 22.8 Å². The highest BCUT2D eigenvalue weighted by Crippen LogP contribution is 2.19. The van der Waals surface area contributed by atoms with Crippen LogP contribution in [-0.2, 0) is 11.2 Å². The van der Waals surface area contributed by atoms with Crippen molar-refractivity contribution in [3.8, 4) is 22.8 Å². The van der Waals surface area contributed by atoms with Gasteiger partial charge in [-0.15, -0.1) is 20.4 Å². The standard InChI is InChI=1S/C16H12N4O3.C8H4O3.C7H7N5.CH3F.CH4/c21-14(12-3-1-2-4-13(12)16(22)23)9-10-5-7-11(8-6-10)15-17-19-20-18-15;9-7-5-3-1-2-4-6(5)8(10)11-7;8-6-3-1-5(2-4-6)7-9-11-12-10-7;1-2;/h1-8H,9H2,(H,22,23)(H,17,18,19,20);1-4H;1-4H,8H2,(H,9,10,11,12);1H3;1H4/i;;;1D;. The predicted octanol–water partition coefficient (Wildman–Crippen LogP) is 4.66. The summed E-state index contributed by atoms with van der Waals surface area (Å²) in [6.45, 7) is 0. The van der Waals surface area contributed by atoms with Gasteiger partial charge in [-0.1, -0.05) is 62.0 Å². The van der Waals surface area contributed by atoms with Gasteiger partial charge in [0.2, 0.25) is 11.6 Å². The molecule has 0 saturated carbocycles. The molecular formula is C33H30FN9O6. The second kappa shape index (κ2) is 17.7. The molecule has 15 nitrogen and oxygen atoms in total. The Morgan fingerprint density at radius 3 is 1.67 bits per heavy atom. The van der Waals surface area contributed by atoms with E-state index in [2.05, 4.69) is 46.0 Å². The zero-order valence-corrected chi connectivity index (χ0v) is 24.8. The molecule has 4 aromatic carbocycles. The number of cyclic esters (lactones) is 2. The van der Waals surface area contributed by atoms with Crippen molar-refractivity contribution >= 4 is 29.4 Å². The lowest BCUT2D eigenvalue weighted by Gasteiger charge is -2.05. The number of ether oxygens (including phenoxy) is 1. The van der Waals surface area contributed by atoms with Crippen molar-refractivity contribution in [2.45, 2.75) is 13.8 Å². The third kappa shape index (κ3) is 9.52. The molecule has 0 saturated heterocycles. The number of halogens is 1. The number of tetrazole rings is 2. The van der Waals surface area contributed by atoms with Gasteiger partial charge >= 0.3 is 17.9 Å². The number of nitrogens with one attached hydrogen (secondary N) is 2. The van der Waals surface area contributed by atoms with Gasteiger partial charge in [0.05, 0.1) is 25.2 Å². The summed E-state index contributed by atoms with van der Waals surface area (Å²) < 4.78 is 19.9. The number of carbonyl (C=O) groups excluding carboxylic acids is 3. The molecule has 3 heterocycles. The monoisotopic (exact) mass is 668 g/mol. The van der Waals surface area contributed by atoms with Crippen molar-refractivity contribution in [3.63, 3.8) is 0 Å². The number of carbonyl (C=O) groups is 4. The van der Waals surface area contributed by atoms with Gasteiger partial charge < -0.3 is 15.6 Å². The van der Waals surface area contributed by atoms with Crippen LogP contribution in [0.1, 0.15) is 55.8 Å². The molecule has 0 amide bonds. The van der Waals surface area contributed by atoms with Crippen LogP contribution in [0.5, 0.6) is 0 Å². The molecule has 1 aliphatic heterocycles. The number of anilines is 1. The lowest BCUT2D eigenvalue weighted by Crippen LogP contribution is -2.10. The Morgan fingerprint density at radius 2 is 1.22 bits per heavy atom. The number of aromatic carboxylic acids is 1. The fraction of sp³-hybridized carbons (Fsp3) is 0.0909. The number of nitrogens with zero attached hydrogens (tertiary/aromatic N) is 6. The molecule has 250 valence electrons. The number of H-pyrrole nitrogens is 2. The molecule has 0 bridgehead atoms. The van der Waals surface area contributed by atoms with Crippen molar-refractivity contribution in [3.05, 3.63) is 125 Å². The minimum atomic E-state index is -1.11. The highest BCUT2D eigenvalue weighted by Gasteiger charge is 2.28. The van der Waals surface area contributed by atoms with Crippen LogP contribution >= 0.6 is 0 Å². The van der Waals surface area contributed by atoms with Crippen LogP contribution in [0, 0.1) is 0 Å². The van der Waals surface area contributed by atoms with Gasteiger partial charge in [0, 0.05) is 28.8 Å². The molecule has 0 aliphatic carbocycles. The van der Waals surface area contributed by atoms with E-state index in [0.717, 1.165) is 22.4 Å². The van der Waals surface area contributed by atoms with Crippen molar-refractivity contribution in [1.82, 2.24) is 41.2 Å². The molecule has 2 aromatic heterocycles. The maximum atomic E-state index is 12.3. The van der Waals surface area contributed by atoms with Gasteiger partial charge in [-0.2, -0.15) is 10.4 Å². The minimum Gasteiger partial charge on any atom is -0.478 e. The molecule has 5 N–H and O–H groups in total. The summed E-state index contributed by atoms with van der Waals surface area (Å²) in [4.78, 5) is 45.2. The Bertz CT molecular complexity index is 1980. The van der Waals surface area contributed by atoms with Crippen molar-refractivity contribution < 1.29 is 34.8 Å². The fourth-order valence-electron chi connectivity index (χ4n) is 4.20. The van der Waals surface area contributed by atoms with Crippen molar-refractivity contribution in [2.24, 2.45) is 0 Å². The molecular weight excluding hydrogens is 637 g/mol. The topological polar surface area (TPSA) is 233 Å². The summed E-state index contributed by atoms with van der Waals surface area (Å²) in [6, 6.07) is 27.2. The minimum absolute atomic E-state index is 0. The first-order valence-corrected chi connectivity index (χ1v) is 13.7. The maximum absolute atomic E-state index is 12.3. The number of carboxylic acids is 1. The number of benzene rings is 4. The number of carboxylic acid groups (broad SMARTS) is 1. The number of Topliss-reactive ketones (excluding diaryl/α,β-unsaturated/α-hetero) is 1. The maximum Gasteiger partial charge on any atom is 0.346 e. The largest absolute Gasteiger partial charge is 0.478 e. The Labute approximate surface area is 279 Å². The quantitative estimate of drug-likeness (QED) is 0.0819. The molecule has 1 aliphatic rings. The van der Waals surface area contributed by atoms with Crippen molar-refractivity contribution in [1.29, 1.82) is 0 Å². The van der Waals surface area contributed by atoms with E-state index in [0.29, 0.717) is 22.8 Å². The summed E-state index contributed by atoms with van der Waals surface area (Å²) in [7, 11) is -1.00. The highest BCUT2D eigenvalue weighted by atomic mass is 19.1. The van der Waals surface area contributed by atoms with Crippen molar-refractivity contribution in [2.75, 3.05) is 12.9 Å². The van der Waals surface area contributed by atoms with Gasteiger partial charge in [0.25, 0.3) is 0 Å². The van der Waals surface area contributed by atoms with Crippen LogP contribution < -0.4 is 5.73 Å². The molecule has 0 radical (unpaired) electrons. The third-order valence-corrected chi connectivity index (χ3v) is 6.45. The summed E-state index contributed by atoms with van der Waals surface area (Å²) in [6.07, 6.45) is 0.122. The highest BCUT2D eigenvalue weighted by molar-refractivity contribution is 6.14. The zero-order valence-electron chi connectivity index (χ0n) is 25.8. The zero-order chi connectivity index (χ0) is 35.2. The van der Waals surface area contributed by atoms with Crippen LogP contribution in [0.15, 0.2) is 97.1 Å².